The van der Waals surface area contributed by atoms with Crippen molar-refractivity contribution >= 4 is 0 Å². The first kappa shape index (κ1) is 106. The van der Waals surface area contributed by atoms with Crippen molar-refractivity contribution in [2.24, 2.45) is 159 Å². The van der Waals surface area contributed by atoms with E-state index in [2.05, 4.69) is 41.5 Å². The molecule has 112 heavy (non-hydrogen) atoms. The van der Waals surface area contributed by atoms with Crippen LogP contribution in [0.3, 0.4) is 0 Å². The molecule has 9 aliphatic carbocycles. The first-order chi connectivity index (χ1) is 50.5. The van der Waals surface area contributed by atoms with Gasteiger partial charge in [-0.3, -0.25) is 0 Å². The predicted octanol–water partition coefficient (Wildman–Crippen LogP) is 32.3. The normalized spacial score (nSPS) is 42.0. The van der Waals surface area contributed by atoms with Crippen LogP contribution in [-0.2, 0) is 0 Å². The summed E-state index contributed by atoms with van der Waals surface area (Å²) >= 11 is 0. The maximum atomic E-state index is 12.9. The van der Waals surface area contributed by atoms with Gasteiger partial charge < -0.3 is 0 Å². The Morgan fingerprint density at radius 3 is 0.830 bits per heavy atom. The summed E-state index contributed by atoms with van der Waals surface area (Å²) in [5, 5.41) is 0. The van der Waals surface area contributed by atoms with Crippen molar-refractivity contribution in [2.75, 3.05) is 0 Å². The summed E-state index contributed by atoms with van der Waals surface area (Å²) in [7, 11) is 0. The van der Waals surface area contributed by atoms with Crippen LogP contribution in [0.2, 0.25) is 0 Å². The largest absolute Gasteiger partial charge is 0.393 e. The van der Waals surface area contributed by atoms with Gasteiger partial charge in [-0.15, -0.1) is 0 Å². The number of halogens is 31. The van der Waals surface area contributed by atoms with Crippen LogP contribution in [0.4, 0.5) is 136 Å². The Kier molecular flexibility index (Phi) is 40.1. The molecule has 0 saturated heterocycles. The number of alkyl halides is 31. The van der Waals surface area contributed by atoms with Crippen LogP contribution in [0, 0.1) is 159 Å². The van der Waals surface area contributed by atoms with Crippen LogP contribution in [-0.4, -0.2) is 85.2 Å². The van der Waals surface area contributed by atoms with E-state index in [0.29, 0.717) is 43.9 Å². The van der Waals surface area contributed by atoms with E-state index in [9.17, 15) is 136 Å². The molecule has 9 fully saturated rings. The number of rotatable bonds is 1. The standard InChI is InChI=1S/C10H14F6.3C9H15F3.C8H13F3.2C8H16.C7H7F7.C7H11F3.C6H11F3/c1-4-5(2)8(10(14,15)16)6(3)7(4)9(11,12)13;1-6-3-7(2)5-8(4-6)9(10,11)12;2*1-6-4-3-5-8(7(6)2)9(10,11)12;1-5-3-6(2)7(4-5)8(9,10)11;2*1-6-4-5-7(2)8(6)3;1-3-5(9,10)4(2,8)7(13,14)6(3,11)12;1-3-5(8)4(2)7(10)6(3)9;1-4-5(2,3)6(7,8)9/h4-8H,1-3H3;3*6-8H,3-5H2,1-2H3;5-7H,3-4H2,1-2H3;2*6-8H,4-5H2,1-3H3;3H,1-2H3;3-7H,1-2H3;4H2,1-3H3/t4-,5?,6?,7?,8?;6-,7?,8?;2*6?,7-,8?;5-,6?,7?;;;3-,4?;3-,4?,5?,6?,7?;/m10110..00./s1/i;;7D;;;8D;;;;. The van der Waals surface area contributed by atoms with Crippen LogP contribution < -0.4 is 0 Å². The molecule has 0 aliphatic heterocycles. The first-order valence-corrected chi connectivity index (χ1v) is 39.7. The molecule has 21 unspecified atom stereocenters. The maximum absolute atomic E-state index is 12.9. The third-order valence-electron chi connectivity index (χ3n) is 27.2. The minimum Gasteiger partial charge on any atom is -0.247 e. The number of hydrogen-bond donors (Lipinski definition) is 0. The van der Waals surface area contributed by atoms with Crippen molar-refractivity contribution in [2.45, 2.75) is 354 Å². The fraction of sp³-hybridized carbons (Fsp3) is 1.00. The zero-order valence-corrected chi connectivity index (χ0v) is 69.6. The summed E-state index contributed by atoms with van der Waals surface area (Å²) in [4.78, 5) is 0. The van der Waals surface area contributed by atoms with Gasteiger partial charge in [0.25, 0.3) is 5.92 Å². The molecule has 0 spiro atoms. The third kappa shape index (κ3) is 29.9. The molecule has 9 rings (SSSR count). The van der Waals surface area contributed by atoms with Crippen LogP contribution in [0.1, 0.15) is 272 Å². The maximum Gasteiger partial charge on any atom is 0.393 e. The minimum absolute atomic E-state index is 0.119. The van der Waals surface area contributed by atoms with Gasteiger partial charge in [-0.05, 0) is 159 Å². The topological polar surface area (TPSA) is 0 Å². The summed E-state index contributed by atoms with van der Waals surface area (Å²) in [6.45, 7) is 38.1. The van der Waals surface area contributed by atoms with Gasteiger partial charge in [0.2, 0.25) is 5.67 Å². The first-order valence-electron chi connectivity index (χ1n) is 40.7. The average molecular weight is 1700 g/mol. The molecule has 9 aliphatic rings. The second-order valence-electron chi connectivity index (χ2n) is 36.0. The molecule has 0 heterocycles. The molecule has 0 nitrogen and oxygen atoms in total. The minimum atomic E-state index is -5.36. The third-order valence-corrected chi connectivity index (χ3v) is 27.2. The fourth-order valence-corrected chi connectivity index (χ4v) is 17.2. The number of hydrogen-bond acceptors (Lipinski definition) is 0. The average Bonchev–Trinajstić information content (AvgIpc) is 1.53. The van der Waals surface area contributed by atoms with E-state index in [1.165, 1.54) is 81.1 Å². The lowest BCUT2D eigenvalue weighted by Gasteiger charge is -2.35. The smallest absolute Gasteiger partial charge is 0.247 e. The summed E-state index contributed by atoms with van der Waals surface area (Å²) < 4.78 is 402. The van der Waals surface area contributed by atoms with Gasteiger partial charge in [0.15, 0.2) is 0 Å². The highest BCUT2D eigenvalue weighted by molar-refractivity contribution is 5.19. The predicted molar refractivity (Wildman–Crippen MR) is 379 cm³/mol. The summed E-state index contributed by atoms with van der Waals surface area (Å²) in [5.74, 6) is -28.3. The Balaban J connectivity index is 0.00000125. The van der Waals surface area contributed by atoms with Gasteiger partial charge in [0.1, 0.15) is 18.5 Å². The molecule has 0 N–H and O–H groups in total. The van der Waals surface area contributed by atoms with E-state index < -0.39 is 168 Å². The molecule has 0 bridgehead atoms. The lowest BCUT2D eigenvalue weighted by atomic mass is 9.73. The van der Waals surface area contributed by atoms with Crippen LogP contribution in [0.25, 0.3) is 0 Å². The van der Waals surface area contributed by atoms with Gasteiger partial charge >= 0.3 is 55.1 Å². The van der Waals surface area contributed by atoms with E-state index in [4.69, 9.17) is 2.74 Å². The van der Waals surface area contributed by atoms with Gasteiger partial charge in [-0.1, -0.05) is 211 Å². The second-order valence-corrected chi connectivity index (χ2v) is 36.0. The van der Waals surface area contributed by atoms with E-state index in [1.807, 2.05) is 27.7 Å². The van der Waals surface area contributed by atoms with Gasteiger partial charge in [0, 0.05) is 14.6 Å². The van der Waals surface area contributed by atoms with Crippen LogP contribution in [0.15, 0.2) is 0 Å². The highest BCUT2D eigenvalue weighted by Gasteiger charge is 2.88. The van der Waals surface area contributed by atoms with Crippen molar-refractivity contribution in [3.05, 3.63) is 0 Å². The van der Waals surface area contributed by atoms with Gasteiger partial charge in [0.05, 0.1) is 46.8 Å². The highest BCUT2D eigenvalue weighted by Crippen LogP contribution is 2.65. The van der Waals surface area contributed by atoms with Crippen molar-refractivity contribution in [3.8, 4) is 0 Å². The summed E-state index contributed by atoms with van der Waals surface area (Å²) in [5.41, 5.74) is -6.05. The van der Waals surface area contributed by atoms with Crippen molar-refractivity contribution < 1.29 is 139 Å². The van der Waals surface area contributed by atoms with E-state index >= 15 is 0 Å². The summed E-state index contributed by atoms with van der Waals surface area (Å²) in [6, 6.07) is 0. The molecular weight excluding hydrogens is 1560 g/mol. The zero-order valence-electron chi connectivity index (χ0n) is 71.6. The molecule has 674 valence electrons. The van der Waals surface area contributed by atoms with Crippen molar-refractivity contribution in [1.29, 1.82) is 0 Å². The quantitative estimate of drug-likeness (QED) is 0.230. The fourth-order valence-electron chi connectivity index (χ4n) is 17.2. The van der Waals surface area contributed by atoms with Gasteiger partial charge in [-0.25, -0.2) is 26.3 Å². The van der Waals surface area contributed by atoms with Crippen LogP contribution in [0.5, 0.6) is 0 Å². The Morgan fingerprint density at radius 2 is 0.643 bits per heavy atom. The molecule has 0 aromatic rings. The lowest BCUT2D eigenvalue weighted by molar-refractivity contribution is -0.248. The zero-order chi connectivity index (χ0) is 90.9. The molecule has 9 saturated carbocycles. The summed E-state index contributed by atoms with van der Waals surface area (Å²) in [6.07, 6.45) is -22.1. The molecule has 0 amide bonds. The van der Waals surface area contributed by atoms with Crippen molar-refractivity contribution in [3.63, 3.8) is 0 Å². The Morgan fingerprint density at radius 1 is 0.312 bits per heavy atom. The molecule has 0 aromatic heterocycles. The molecule has 31 heteroatoms. The molecule has 28 atom stereocenters. The SMILES string of the molecule is CC1C(C(F)(F)F)C(C)[C@@H](C)C1C(F)(F)F.CC1C(F)C(F)[C@@H](C)C1F.CC1CC(C(F)(F)F)C[C@@H](C)C1.CC1CCC(C)C1C.CC1CCCC(C(F)(F)F)[C@@H]1C.CC1C[C@H](C)CC1C(F)(F)F.CCC(C)(C)C(F)(F)F.C[C@H]1C(F)(F)C(C)(F)C(F)(F)C1(F)F.[2H]C1(C)C(C)CCC1C.[2H][C@@]1(C)C(C)CCCC1C(F)(F)F. The van der Waals surface area contributed by atoms with E-state index in [-0.39, 0.29) is 74.0 Å². The second kappa shape index (κ2) is 42.4. The molecule has 0 radical (unpaired) electrons. The lowest BCUT2D eigenvalue weighted by Crippen LogP contribution is -2.52. The van der Waals surface area contributed by atoms with Gasteiger partial charge in [-0.2, -0.15) is 110 Å². The Hall–Kier alpha value is -2.17. The monoisotopic (exact) mass is 1700 g/mol. The Bertz CT molecular complexity index is 2600. The Labute approximate surface area is 650 Å². The molecule has 0 aromatic carbocycles. The van der Waals surface area contributed by atoms with E-state index in [1.54, 1.807) is 20.8 Å². The van der Waals surface area contributed by atoms with Crippen LogP contribution >= 0.6 is 0 Å². The van der Waals surface area contributed by atoms with Crippen molar-refractivity contribution in [1.82, 2.24) is 0 Å². The highest BCUT2D eigenvalue weighted by atomic mass is 19.4. The van der Waals surface area contributed by atoms with E-state index in [0.717, 1.165) is 56.8 Å². The molecular formula is C81H133F31.